The summed E-state index contributed by atoms with van der Waals surface area (Å²) in [5, 5.41) is 19.6. The number of rotatable bonds is 5. The molecule has 0 fully saturated rings. The molecule has 0 radical (unpaired) electrons. The number of hydrogen-bond donors (Lipinski definition) is 3. The molecule has 1 amide bonds. The predicted molar refractivity (Wildman–Crippen MR) is 105 cm³/mol. The van der Waals surface area contributed by atoms with Crippen molar-refractivity contribution < 1.29 is 10.0 Å². The second-order valence-electron chi connectivity index (χ2n) is 5.57. The number of benzene rings is 2. The second-order valence-corrected chi connectivity index (χ2v) is 6.60. The van der Waals surface area contributed by atoms with Crippen LogP contribution in [0.4, 0.5) is 10.8 Å². The maximum atomic E-state index is 12.3. The molecule has 0 bridgehead atoms. The number of anilines is 2. The van der Waals surface area contributed by atoms with Crippen LogP contribution in [0.15, 0.2) is 58.8 Å². The average Bonchev–Trinajstić information content (AvgIpc) is 3.03. The smallest absolute Gasteiger partial charge is 0.279 e. The quantitative estimate of drug-likeness (QED) is 0.362. The normalized spacial score (nSPS) is 12.2. The molecular formula is C18H17N5O2S. The Kier molecular flexibility index (Phi) is 5.23. The Labute approximate surface area is 154 Å². The lowest BCUT2D eigenvalue weighted by atomic mass is 10.2. The van der Waals surface area contributed by atoms with Crippen molar-refractivity contribution in [2.45, 2.75) is 13.8 Å². The molecule has 2 aromatic carbocycles. The molecule has 0 aliphatic rings. The summed E-state index contributed by atoms with van der Waals surface area (Å²) in [6, 6.07) is 14.9. The number of carbonyl (C=O) groups is 1. The highest BCUT2D eigenvalue weighted by Gasteiger charge is 2.16. The van der Waals surface area contributed by atoms with Crippen molar-refractivity contribution in [1.82, 2.24) is 4.98 Å². The summed E-state index contributed by atoms with van der Waals surface area (Å²) < 4.78 is 1.04. The molecule has 3 rings (SSSR count). The fraction of sp³-hybridized carbons (Fsp3) is 0.111. The number of aromatic nitrogens is 1. The Morgan fingerprint density at radius 3 is 2.69 bits per heavy atom. The number of nitrogens with zero attached hydrogens (tertiary/aromatic N) is 3. The van der Waals surface area contributed by atoms with Crippen LogP contribution in [-0.4, -0.2) is 27.5 Å². The number of carbonyl (C=O) groups excluding carboxylic acids is 1. The van der Waals surface area contributed by atoms with Crippen LogP contribution in [-0.2, 0) is 4.79 Å². The van der Waals surface area contributed by atoms with Crippen LogP contribution >= 0.6 is 11.3 Å². The van der Waals surface area contributed by atoms with Gasteiger partial charge in [0.2, 0.25) is 5.13 Å². The summed E-state index contributed by atoms with van der Waals surface area (Å²) in [5.41, 5.74) is 5.48. The number of hydrogen-bond acceptors (Lipinski definition) is 7. The molecule has 0 atom stereocenters. The van der Waals surface area contributed by atoms with Gasteiger partial charge < -0.3 is 10.5 Å². The van der Waals surface area contributed by atoms with Crippen LogP contribution in [0.2, 0.25) is 0 Å². The number of para-hydroxylation sites is 1. The lowest BCUT2D eigenvalue weighted by Gasteiger charge is -2.06. The predicted octanol–water partition coefficient (Wildman–Crippen LogP) is 3.86. The topological polar surface area (TPSA) is 99.0 Å². The Morgan fingerprint density at radius 2 is 1.96 bits per heavy atom. The van der Waals surface area contributed by atoms with E-state index in [2.05, 4.69) is 26.0 Å². The largest absolute Gasteiger partial charge is 0.410 e. The van der Waals surface area contributed by atoms with Gasteiger partial charge >= 0.3 is 0 Å². The molecule has 3 aromatic rings. The molecule has 132 valence electrons. The molecule has 26 heavy (non-hydrogen) atoms. The molecule has 8 heteroatoms. The first-order chi connectivity index (χ1) is 12.6. The first-order valence-electron chi connectivity index (χ1n) is 7.83. The van der Waals surface area contributed by atoms with Gasteiger partial charge in [0.15, 0.2) is 5.71 Å². The summed E-state index contributed by atoms with van der Waals surface area (Å²) in [5.74, 6) is -0.554. The average molecular weight is 367 g/mol. The van der Waals surface area contributed by atoms with Gasteiger partial charge in [-0.15, -0.1) is 0 Å². The van der Waals surface area contributed by atoms with Crippen LogP contribution in [0.1, 0.15) is 12.5 Å². The maximum Gasteiger partial charge on any atom is 0.279 e. The first kappa shape index (κ1) is 17.6. The van der Waals surface area contributed by atoms with Crippen LogP contribution in [0.5, 0.6) is 0 Å². The minimum absolute atomic E-state index is 0.182. The molecular weight excluding hydrogens is 350 g/mol. The summed E-state index contributed by atoms with van der Waals surface area (Å²) in [6.45, 7) is 3.59. The minimum atomic E-state index is -0.554. The van der Waals surface area contributed by atoms with E-state index in [0.717, 1.165) is 15.8 Å². The summed E-state index contributed by atoms with van der Waals surface area (Å²) in [7, 11) is 0. The van der Waals surface area contributed by atoms with Crippen molar-refractivity contribution in [3.05, 3.63) is 54.1 Å². The fourth-order valence-corrected chi connectivity index (χ4v) is 3.16. The zero-order valence-electron chi connectivity index (χ0n) is 14.2. The first-order valence-corrected chi connectivity index (χ1v) is 8.65. The molecule has 0 aliphatic heterocycles. The van der Waals surface area contributed by atoms with Crippen molar-refractivity contribution in [2.24, 2.45) is 10.3 Å². The molecule has 0 spiro atoms. The number of amides is 1. The van der Waals surface area contributed by atoms with E-state index in [9.17, 15) is 10.0 Å². The monoisotopic (exact) mass is 367 g/mol. The van der Waals surface area contributed by atoms with E-state index in [0.29, 0.717) is 10.8 Å². The van der Waals surface area contributed by atoms with E-state index in [-0.39, 0.29) is 11.4 Å². The molecule has 3 N–H and O–H groups in total. The van der Waals surface area contributed by atoms with Crippen LogP contribution in [0, 0.1) is 6.92 Å². The highest BCUT2D eigenvalue weighted by atomic mass is 32.1. The van der Waals surface area contributed by atoms with Crippen molar-refractivity contribution in [3.8, 4) is 0 Å². The third kappa shape index (κ3) is 4.04. The Bertz CT molecular complexity index is 995. The van der Waals surface area contributed by atoms with E-state index in [1.165, 1.54) is 11.3 Å². The maximum absolute atomic E-state index is 12.3. The van der Waals surface area contributed by atoms with Gasteiger partial charge in [-0.2, -0.15) is 5.10 Å². The van der Waals surface area contributed by atoms with Gasteiger partial charge in [0.1, 0.15) is 0 Å². The molecule has 0 saturated carbocycles. The number of nitrogens with one attached hydrogen (secondary N) is 2. The van der Waals surface area contributed by atoms with Gasteiger partial charge in [-0.25, -0.2) is 4.98 Å². The lowest BCUT2D eigenvalue weighted by Crippen LogP contribution is -2.29. The Hall–Kier alpha value is -3.26. The van der Waals surface area contributed by atoms with E-state index < -0.39 is 5.91 Å². The van der Waals surface area contributed by atoms with Crippen LogP contribution < -0.4 is 10.7 Å². The van der Waals surface area contributed by atoms with E-state index >= 15 is 0 Å². The lowest BCUT2D eigenvalue weighted by molar-refractivity contribution is -0.110. The SMILES string of the molecule is CC(=N/Nc1nc2ccc(C)cc2s1)/C(=N/O)C(=O)Nc1ccccc1. The summed E-state index contributed by atoms with van der Waals surface area (Å²) in [4.78, 5) is 16.7. The van der Waals surface area contributed by atoms with Crippen molar-refractivity contribution in [3.63, 3.8) is 0 Å². The molecule has 0 saturated heterocycles. The van der Waals surface area contributed by atoms with Gasteiger partial charge in [-0.05, 0) is 43.7 Å². The molecule has 1 aromatic heterocycles. The summed E-state index contributed by atoms with van der Waals surface area (Å²) >= 11 is 1.45. The molecule has 0 unspecified atom stereocenters. The molecule has 0 aliphatic carbocycles. The van der Waals surface area contributed by atoms with E-state index in [4.69, 9.17) is 0 Å². The number of oxime groups is 1. The van der Waals surface area contributed by atoms with Gasteiger partial charge in [-0.1, -0.05) is 40.8 Å². The highest BCUT2D eigenvalue weighted by molar-refractivity contribution is 7.22. The van der Waals surface area contributed by atoms with Crippen molar-refractivity contribution >= 4 is 49.7 Å². The van der Waals surface area contributed by atoms with Crippen LogP contribution in [0.25, 0.3) is 10.2 Å². The van der Waals surface area contributed by atoms with Crippen molar-refractivity contribution in [2.75, 3.05) is 10.7 Å². The zero-order valence-corrected chi connectivity index (χ0v) is 15.0. The Morgan fingerprint density at radius 1 is 1.19 bits per heavy atom. The van der Waals surface area contributed by atoms with Crippen molar-refractivity contribution in [1.29, 1.82) is 0 Å². The standard InChI is InChI=1S/C18H17N5O2S/c1-11-8-9-14-15(10-11)26-18(20-14)22-21-12(2)16(23-25)17(24)19-13-6-4-3-5-7-13/h3-10,25H,1-2H3,(H,19,24)(H,20,22)/b21-12-,23-16-. The van der Waals surface area contributed by atoms with Gasteiger partial charge in [0.05, 0.1) is 15.9 Å². The summed E-state index contributed by atoms with van der Waals surface area (Å²) in [6.07, 6.45) is 0. The third-order valence-corrected chi connectivity index (χ3v) is 4.48. The van der Waals surface area contributed by atoms with E-state index in [1.54, 1.807) is 31.2 Å². The second kappa shape index (κ2) is 7.75. The fourth-order valence-electron chi connectivity index (χ4n) is 2.26. The number of hydrazone groups is 1. The third-order valence-electron chi connectivity index (χ3n) is 3.55. The van der Waals surface area contributed by atoms with Gasteiger partial charge in [0.25, 0.3) is 5.91 Å². The number of thiazole rings is 1. The zero-order chi connectivity index (χ0) is 18.5. The van der Waals surface area contributed by atoms with Gasteiger partial charge in [-0.3, -0.25) is 10.2 Å². The molecule has 7 nitrogen and oxygen atoms in total. The number of fused-ring (bicyclic) bond motifs is 1. The molecule has 1 heterocycles. The number of aryl methyl sites for hydroxylation is 1. The van der Waals surface area contributed by atoms with E-state index in [1.807, 2.05) is 31.2 Å². The minimum Gasteiger partial charge on any atom is -0.410 e. The Balaban J connectivity index is 1.72. The van der Waals surface area contributed by atoms with Gasteiger partial charge in [0, 0.05) is 5.69 Å². The van der Waals surface area contributed by atoms with Crippen LogP contribution in [0.3, 0.4) is 0 Å². The highest BCUT2D eigenvalue weighted by Crippen LogP contribution is 2.26.